The first-order valence-corrected chi connectivity index (χ1v) is 7.46. The lowest BCUT2D eigenvalue weighted by Crippen LogP contribution is -2.29. The third-order valence-corrected chi connectivity index (χ3v) is 4.81. The van der Waals surface area contributed by atoms with E-state index in [0.29, 0.717) is 5.92 Å². The van der Waals surface area contributed by atoms with Gasteiger partial charge in [-0.2, -0.15) is 0 Å². The van der Waals surface area contributed by atoms with E-state index < -0.39 is 0 Å². The Labute approximate surface area is 116 Å². The largest absolute Gasteiger partial charge is 0.328 e. The number of aromatic nitrogens is 1. The first kappa shape index (κ1) is 13.0. The van der Waals surface area contributed by atoms with Crippen molar-refractivity contribution >= 4 is 21.6 Å². The van der Waals surface area contributed by atoms with Crippen molar-refractivity contribution in [1.82, 2.24) is 9.88 Å². The van der Waals surface area contributed by atoms with Gasteiger partial charge in [0.1, 0.15) is 10.8 Å². The van der Waals surface area contributed by atoms with Gasteiger partial charge in [-0.05, 0) is 44.0 Å². The molecule has 2 heterocycles. The second-order valence-electron chi connectivity index (χ2n) is 5.36. The molecular weight excluding hydrogens is 261 g/mol. The SMILES string of the molecule is CC(N)C1CCN(Cc2nc3ccc(F)cc3s2)C1. The Balaban J connectivity index is 1.72. The summed E-state index contributed by atoms with van der Waals surface area (Å²) in [7, 11) is 0. The van der Waals surface area contributed by atoms with E-state index in [9.17, 15) is 4.39 Å². The van der Waals surface area contributed by atoms with Crippen LogP contribution >= 0.6 is 11.3 Å². The van der Waals surface area contributed by atoms with E-state index in [0.717, 1.165) is 41.3 Å². The molecule has 1 aliphatic heterocycles. The van der Waals surface area contributed by atoms with Crippen LogP contribution in [0.2, 0.25) is 0 Å². The van der Waals surface area contributed by atoms with E-state index in [-0.39, 0.29) is 11.9 Å². The first-order chi connectivity index (χ1) is 9.11. The summed E-state index contributed by atoms with van der Waals surface area (Å²) in [6.45, 7) is 5.05. The molecule has 1 aliphatic rings. The number of halogens is 1. The molecule has 0 amide bonds. The number of nitrogens with two attached hydrogens (primary N) is 1. The maximum absolute atomic E-state index is 13.1. The summed E-state index contributed by atoms with van der Waals surface area (Å²) in [5.41, 5.74) is 6.84. The van der Waals surface area contributed by atoms with Crippen molar-refractivity contribution in [3.05, 3.63) is 29.0 Å². The number of benzene rings is 1. The molecule has 19 heavy (non-hydrogen) atoms. The number of likely N-dealkylation sites (tertiary alicyclic amines) is 1. The van der Waals surface area contributed by atoms with Crippen LogP contribution in [0.25, 0.3) is 10.2 Å². The lowest BCUT2D eigenvalue weighted by molar-refractivity contribution is 0.308. The first-order valence-electron chi connectivity index (χ1n) is 6.65. The Kier molecular flexibility index (Phi) is 3.52. The van der Waals surface area contributed by atoms with Gasteiger partial charge in [0, 0.05) is 12.6 Å². The molecule has 2 N–H and O–H groups in total. The van der Waals surface area contributed by atoms with E-state index in [1.54, 1.807) is 23.5 Å². The van der Waals surface area contributed by atoms with Gasteiger partial charge in [0.2, 0.25) is 0 Å². The summed E-state index contributed by atoms with van der Waals surface area (Å²) >= 11 is 1.58. The molecular formula is C14H18FN3S. The van der Waals surface area contributed by atoms with E-state index in [1.165, 1.54) is 6.07 Å². The van der Waals surface area contributed by atoms with Gasteiger partial charge in [-0.25, -0.2) is 9.37 Å². The van der Waals surface area contributed by atoms with Gasteiger partial charge in [0.15, 0.2) is 0 Å². The molecule has 102 valence electrons. The van der Waals surface area contributed by atoms with E-state index >= 15 is 0 Å². The average molecular weight is 279 g/mol. The summed E-state index contributed by atoms with van der Waals surface area (Å²) in [6.07, 6.45) is 1.16. The molecule has 0 spiro atoms. The second-order valence-corrected chi connectivity index (χ2v) is 6.48. The van der Waals surface area contributed by atoms with Crippen LogP contribution in [0.5, 0.6) is 0 Å². The van der Waals surface area contributed by atoms with Crippen LogP contribution in [0.4, 0.5) is 4.39 Å². The molecule has 1 saturated heterocycles. The van der Waals surface area contributed by atoms with Gasteiger partial charge < -0.3 is 5.73 Å². The van der Waals surface area contributed by atoms with Crippen LogP contribution in [0, 0.1) is 11.7 Å². The van der Waals surface area contributed by atoms with Gasteiger partial charge in [-0.1, -0.05) is 0 Å². The molecule has 3 nitrogen and oxygen atoms in total. The van der Waals surface area contributed by atoms with Gasteiger partial charge in [-0.3, -0.25) is 4.90 Å². The zero-order valence-corrected chi connectivity index (χ0v) is 11.8. The van der Waals surface area contributed by atoms with Crippen LogP contribution in [0.15, 0.2) is 18.2 Å². The van der Waals surface area contributed by atoms with Crippen LogP contribution in [-0.4, -0.2) is 29.0 Å². The van der Waals surface area contributed by atoms with Crippen molar-refractivity contribution in [3.8, 4) is 0 Å². The van der Waals surface area contributed by atoms with Gasteiger partial charge in [0.25, 0.3) is 0 Å². The number of fused-ring (bicyclic) bond motifs is 1. The van der Waals surface area contributed by atoms with Crippen LogP contribution in [0.3, 0.4) is 0 Å². The monoisotopic (exact) mass is 279 g/mol. The molecule has 2 unspecified atom stereocenters. The molecule has 2 atom stereocenters. The number of hydrogen-bond donors (Lipinski definition) is 1. The minimum Gasteiger partial charge on any atom is -0.328 e. The minimum absolute atomic E-state index is 0.194. The fourth-order valence-corrected chi connectivity index (χ4v) is 3.68. The van der Waals surface area contributed by atoms with Crippen molar-refractivity contribution < 1.29 is 4.39 Å². The summed E-state index contributed by atoms with van der Waals surface area (Å²) in [5.74, 6) is 0.396. The average Bonchev–Trinajstić information content (AvgIpc) is 2.95. The highest BCUT2D eigenvalue weighted by Crippen LogP contribution is 2.26. The Morgan fingerprint density at radius 2 is 2.42 bits per heavy atom. The molecule has 1 fully saturated rings. The maximum Gasteiger partial charge on any atom is 0.124 e. The van der Waals surface area contributed by atoms with Crippen molar-refractivity contribution in [2.45, 2.75) is 25.9 Å². The van der Waals surface area contributed by atoms with E-state index in [1.807, 2.05) is 0 Å². The number of thiazole rings is 1. The third-order valence-electron chi connectivity index (χ3n) is 3.81. The summed E-state index contributed by atoms with van der Waals surface area (Å²) in [6, 6.07) is 5.04. The fraction of sp³-hybridized carbons (Fsp3) is 0.500. The zero-order chi connectivity index (χ0) is 13.4. The van der Waals surface area contributed by atoms with Gasteiger partial charge >= 0.3 is 0 Å². The predicted octanol–water partition coefficient (Wildman–Crippen LogP) is 2.60. The van der Waals surface area contributed by atoms with E-state index in [2.05, 4.69) is 16.8 Å². The Morgan fingerprint density at radius 3 is 3.16 bits per heavy atom. The number of nitrogens with zero attached hydrogens (tertiary/aromatic N) is 2. The molecule has 1 aromatic carbocycles. The fourth-order valence-electron chi connectivity index (χ4n) is 2.64. The molecule has 0 radical (unpaired) electrons. The highest BCUT2D eigenvalue weighted by atomic mass is 32.1. The highest BCUT2D eigenvalue weighted by molar-refractivity contribution is 7.18. The predicted molar refractivity (Wildman–Crippen MR) is 76.6 cm³/mol. The van der Waals surface area contributed by atoms with Crippen LogP contribution < -0.4 is 5.73 Å². The van der Waals surface area contributed by atoms with Crippen molar-refractivity contribution in [3.63, 3.8) is 0 Å². The molecule has 1 aromatic heterocycles. The molecule has 0 aliphatic carbocycles. The van der Waals surface area contributed by atoms with Crippen molar-refractivity contribution in [1.29, 1.82) is 0 Å². The Morgan fingerprint density at radius 1 is 1.58 bits per heavy atom. The third kappa shape index (κ3) is 2.78. The number of hydrogen-bond acceptors (Lipinski definition) is 4. The molecule has 0 saturated carbocycles. The van der Waals surface area contributed by atoms with Crippen LogP contribution in [-0.2, 0) is 6.54 Å². The lowest BCUT2D eigenvalue weighted by atomic mass is 10.0. The Bertz CT molecular complexity index is 581. The molecule has 5 heteroatoms. The Hall–Kier alpha value is -1.04. The maximum atomic E-state index is 13.1. The van der Waals surface area contributed by atoms with E-state index in [4.69, 9.17) is 5.73 Å². The van der Waals surface area contributed by atoms with Crippen molar-refractivity contribution in [2.24, 2.45) is 11.7 Å². The normalized spacial score (nSPS) is 22.2. The smallest absolute Gasteiger partial charge is 0.124 e. The van der Waals surface area contributed by atoms with Gasteiger partial charge in [-0.15, -0.1) is 11.3 Å². The van der Waals surface area contributed by atoms with Crippen molar-refractivity contribution in [2.75, 3.05) is 13.1 Å². The molecule has 0 bridgehead atoms. The van der Waals surface area contributed by atoms with Crippen LogP contribution in [0.1, 0.15) is 18.4 Å². The topological polar surface area (TPSA) is 42.1 Å². The zero-order valence-electron chi connectivity index (χ0n) is 11.0. The second kappa shape index (κ2) is 5.15. The lowest BCUT2D eigenvalue weighted by Gasteiger charge is -2.16. The highest BCUT2D eigenvalue weighted by Gasteiger charge is 2.25. The number of rotatable bonds is 3. The van der Waals surface area contributed by atoms with Gasteiger partial charge in [0.05, 0.1) is 16.8 Å². The molecule has 2 aromatic rings. The summed E-state index contributed by atoms with van der Waals surface area (Å²) < 4.78 is 14.1. The summed E-state index contributed by atoms with van der Waals surface area (Å²) in [4.78, 5) is 6.96. The molecule has 3 rings (SSSR count). The summed E-state index contributed by atoms with van der Waals surface area (Å²) in [5, 5.41) is 1.06. The standard InChI is InChI=1S/C14H18FN3S/c1-9(16)10-4-5-18(7-10)8-14-17-12-3-2-11(15)6-13(12)19-14/h2-3,6,9-10H,4-5,7-8,16H2,1H3. The minimum atomic E-state index is -0.194. The quantitative estimate of drug-likeness (QED) is 0.939.